The normalized spacial score (nSPS) is 11.8. The van der Waals surface area contributed by atoms with Crippen molar-refractivity contribution in [3.63, 3.8) is 0 Å². The lowest BCUT2D eigenvalue weighted by Crippen LogP contribution is -2.27. The zero-order chi connectivity index (χ0) is 21.1. The van der Waals surface area contributed by atoms with Crippen LogP contribution in [-0.4, -0.2) is 28.1 Å². The molecule has 0 spiro atoms. The molecule has 0 saturated heterocycles. The second-order valence-electron chi connectivity index (χ2n) is 6.40. The van der Waals surface area contributed by atoms with Crippen LogP contribution >= 0.6 is 11.3 Å². The first-order valence-electron chi connectivity index (χ1n) is 9.04. The van der Waals surface area contributed by atoms with Crippen LogP contribution < -0.4 is 10.1 Å². The lowest BCUT2D eigenvalue weighted by Gasteiger charge is -2.08. The Labute approximate surface area is 175 Å². The number of benzene rings is 2. The fourth-order valence-electron chi connectivity index (χ4n) is 2.78. The van der Waals surface area contributed by atoms with E-state index in [0.29, 0.717) is 22.1 Å². The topological polar surface area (TPSA) is 90.1 Å². The van der Waals surface area contributed by atoms with Gasteiger partial charge in [-0.15, -0.1) is 11.3 Å². The summed E-state index contributed by atoms with van der Waals surface area (Å²) in [5.74, 6) is 0.535. The molecule has 2 aromatic carbocycles. The standard InChI is InChI=1S/C21H17FN4O3S/c1-12(20-25-18(26-29-20)13-7-9-14(22)10-8-13)23-19(27)16-11-30-21(24-16)15-5-3-4-6-17(15)28-2/h3-12H,1-2H3,(H,23,27). The Bertz CT molecular complexity index is 1170. The summed E-state index contributed by atoms with van der Waals surface area (Å²) in [5.41, 5.74) is 1.72. The number of carbonyl (C=O) groups excluding carboxylic acids is 1. The van der Waals surface area contributed by atoms with Crippen molar-refractivity contribution in [1.29, 1.82) is 0 Å². The van der Waals surface area contributed by atoms with E-state index < -0.39 is 6.04 Å². The number of hydrogen-bond acceptors (Lipinski definition) is 7. The van der Waals surface area contributed by atoms with E-state index in [9.17, 15) is 9.18 Å². The maximum absolute atomic E-state index is 13.1. The second-order valence-corrected chi connectivity index (χ2v) is 7.25. The Hall–Kier alpha value is -3.59. The van der Waals surface area contributed by atoms with Crippen LogP contribution in [0.3, 0.4) is 0 Å². The van der Waals surface area contributed by atoms with E-state index in [-0.39, 0.29) is 23.3 Å². The van der Waals surface area contributed by atoms with Crippen LogP contribution in [0.15, 0.2) is 58.4 Å². The van der Waals surface area contributed by atoms with E-state index in [2.05, 4.69) is 20.4 Å². The molecule has 2 heterocycles. The van der Waals surface area contributed by atoms with Crippen molar-refractivity contribution in [3.05, 3.63) is 71.3 Å². The number of amides is 1. The number of aromatic nitrogens is 3. The number of halogens is 1. The number of hydrogen-bond donors (Lipinski definition) is 1. The molecule has 0 fully saturated rings. The van der Waals surface area contributed by atoms with Gasteiger partial charge in [-0.3, -0.25) is 4.79 Å². The van der Waals surface area contributed by atoms with E-state index in [1.54, 1.807) is 31.5 Å². The number of methoxy groups -OCH3 is 1. The first kappa shape index (κ1) is 19.7. The summed E-state index contributed by atoms with van der Waals surface area (Å²) < 4.78 is 23.7. The molecule has 4 rings (SSSR count). The molecule has 9 heteroatoms. The van der Waals surface area contributed by atoms with Gasteiger partial charge in [0.15, 0.2) is 0 Å². The van der Waals surface area contributed by atoms with Crippen LogP contribution in [-0.2, 0) is 0 Å². The third kappa shape index (κ3) is 4.06. The number of ether oxygens (including phenoxy) is 1. The van der Waals surface area contributed by atoms with Gasteiger partial charge in [0.2, 0.25) is 11.7 Å². The lowest BCUT2D eigenvalue weighted by atomic mass is 10.2. The van der Waals surface area contributed by atoms with Crippen molar-refractivity contribution < 1.29 is 18.4 Å². The maximum Gasteiger partial charge on any atom is 0.271 e. The fraction of sp³-hybridized carbons (Fsp3) is 0.143. The maximum atomic E-state index is 13.1. The van der Waals surface area contributed by atoms with E-state index >= 15 is 0 Å². The molecule has 1 atom stereocenters. The Morgan fingerprint density at radius 1 is 1.17 bits per heavy atom. The predicted octanol–water partition coefficient (Wildman–Crippen LogP) is 4.50. The largest absolute Gasteiger partial charge is 0.496 e. The third-order valence-electron chi connectivity index (χ3n) is 4.34. The Balaban J connectivity index is 1.47. The molecular formula is C21H17FN4O3S. The average molecular weight is 424 g/mol. The van der Waals surface area contributed by atoms with Crippen molar-refractivity contribution in [1.82, 2.24) is 20.4 Å². The molecule has 0 aliphatic carbocycles. The highest BCUT2D eigenvalue weighted by Gasteiger charge is 2.20. The van der Waals surface area contributed by atoms with Gasteiger partial charge in [0, 0.05) is 10.9 Å². The summed E-state index contributed by atoms with van der Waals surface area (Å²) >= 11 is 1.35. The number of carbonyl (C=O) groups is 1. The second kappa shape index (κ2) is 8.42. The van der Waals surface area contributed by atoms with Crippen LogP contribution in [0.5, 0.6) is 5.75 Å². The van der Waals surface area contributed by atoms with Crippen LogP contribution in [0.1, 0.15) is 29.3 Å². The minimum atomic E-state index is -0.532. The van der Waals surface area contributed by atoms with Gasteiger partial charge >= 0.3 is 0 Å². The smallest absolute Gasteiger partial charge is 0.271 e. The molecule has 0 aliphatic heterocycles. The van der Waals surface area contributed by atoms with Gasteiger partial charge in [-0.1, -0.05) is 17.3 Å². The number of para-hydroxylation sites is 1. The molecule has 30 heavy (non-hydrogen) atoms. The van der Waals surface area contributed by atoms with Crippen molar-refractivity contribution in [2.75, 3.05) is 7.11 Å². The van der Waals surface area contributed by atoms with Gasteiger partial charge < -0.3 is 14.6 Å². The molecule has 2 aromatic heterocycles. The van der Waals surface area contributed by atoms with Crippen molar-refractivity contribution in [3.8, 4) is 27.7 Å². The molecular weight excluding hydrogens is 407 g/mol. The zero-order valence-corrected chi connectivity index (χ0v) is 16.9. The molecule has 7 nitrogen and oxygen atoms in total. The van der Waals surface area contributed by atoms with Gasteiger partial charge in [-0.25, -0.2) is 9.37 Å². The molecule has 0 bridgehead atoms. The zero-order valence-electron chi connectivity index (χ0n) is 16.1. The Kier molecular flexibility index (Phi) is 5.53. The highest BCUT2D eigenvalue weighted by Crippen LogP contribution is 2.32. The van der Waals surface area contributed by atoms with Crippen molar-refractivity contribution in [2.45, 2.75) is 13.0 Å². The molecule has 0 radical (unpaired) electrons. The van der Waals surface area contributed by atoms with Crippen LogP contribution in [0.25, 0.3) is 22.0 Å². The molecule has 1 amide bonds. The molecule has 0 saturated carbocycles. The van der Waals surface area contributed by atoms with Crippen LogP contribution in [0, 0.1) is 5.82 Å². The molecule has 0 aliphatic rings. The van der Waals surface area contributed by atoms with Gasteiger partial charge in [0.25, 0.3) is 5.91 Å². The summed E-state index contributed by atoms with van der Waals surface area (Å²) in [4.78, 5) is 21.3. The third-order valence-corrected chi connectivity index (χ3v) is 5.21. The highest BCUT2D eigenvalue weighted by atomic mass is 32.1. The number of nitrogens with one attached hydrogen (secondary N) is 1. The predicted molar refractivity (Wildman–Crippen MR) is 110 cm³/mol. The van der Waals surface area contributed by atoms with Gasteiger partial charge in [0.1, 0.15) is 28.3 Å². The Morgan fingerprint density at radius 2 is 1.93 bits per heavy atom. The van der Waals surface area contributed by atoms with Crippen LogP contribution in [0.2, 0.25) is 0 Å². The minimum absolute atomic E-state index is 0.239. The quantitative estimate of drug-likeness (QED) is 0.490. The average Bonchev–Trinajstić information content (AvgIpc) is 3.44. The SMILES string of the molecule is COc1ccccc1-c1nc(C(=O)NC(C)c2nc(-c3ccc(F)cc3)no2)cs1. The van der Waals surface area contributed by atoms with Gasteiger partial charge in [-0.05, 0) is 43.3 Å². The van der Waals surface area contributed by atoms with E-state index in [1.165, 1.54) is 23.5 Å². The molecule has 1 N–H and O–H groups in total. The lowest BCUT2D eigenvalue weighted by molar-refractivity contribution is 0.0928. The number of rotatable bonds is 6. The molecule has 1 unspecified atom stereocenters. The fourth-order valence-corrected chi connectivity index (χ4v) is 3.61. The minimum Gasteiger partial charge on any atom is -0.496 e. The summed E-state index contributed by atoms with van der Waals surface area (Å²) in [7, 11) is 1.59. The van der Waals surface area contributed by atoms with Crippen LogP contribution in [0.4, 0.5) is 4.39 Å². The first-order valence-corrected chi connectivity index (χ1v) is 9.92. The van der Waals surface area contributed by atoms with E-state index in [0.717, 1.165) is 5.56 Å². The van der Waals surface area contributed by atoms with E-state index in [1.807, 2.05) is 24.3 Å². The molecule has 4 aromatic rings. The summed E-state index contributed by atoms with van der Waals surface area (Å²) in [6.07, 6.45) is 0. The number of thiazole rings is 1. The van der Waals surface area contributed by atoms with Crippen molar-refractivity contribution in [2.24, 2.45) is 0 Å². The Morgan fingerprint density at radius 3 is 2.70 bits per heavy atom. The molecule has 152 valence electrons. The van der Waals surface area contributed by atoms with Gasteiger partial charge in [-0.2, -0.15) is 4.98 Å². The summed E-state index contributed by atoms with van der Waals surface area (Å²) in [6.45, 7) is 1.73. The first-order chi connectivity index (χ1) is 14.5. The van der Waals surface area contributed by atoms with Crippen molar-refractivity contribution >= 4 is 17.2 Å². The van der Waals surface area contributed by atoms with Gasteiger partial charge in [0.05, 0.1) is 12.7 Å². The summed E-state index contributed by atoms with van der Waals surface area (Å²) in [5, 5.41) is 9.05. The number of nitrogens with zero attached hydrogens (tertiary/aromatic N) is 3. The summed E-state index contributed by atoms with van der Waals surface area (Å²) in [6, 6.07) is 12.7. The van der Waals surface area contributed by atoms with E-state index in [4.69, 9.17) is 9.26 Å². The monoisotopic (exact) mass is 424 g/mol. The highest BCUT2D eigenvalue weighted by molar-refractivity contribution is 7.13.